The summed E-state index contributed by atoms with van der Waals surface area (Å²) in [6.45, 7) is 5.41. The van der Waals surface area contributed by atoms with Gasteiger partial charge in [-0.15, -0.1) is 0 Å². The molecule has 0 aliphatic heterocycles. The number of nitrogens with one attached hydrogen (secondary N) is 1. The minimum absolute atomic E-state index is 0.0462. The summed E-state index contributed by atoms with van der Waals surface area (Å²) >= 11 is 0. The molecule has 0 aliphatic carbocycles. The van der Waals surface area contributed by atoms with E-state index in [1.807, 2.05) is 18.2 Å². The average Bonchev–Trinajstić information content (AvgIpc) is 2.28. The standard InChI is InChI=1S/C13H21NO/c1-3-13(2,9-10-15)14-11-12-7-5-4-6-8-12/h4-8,14-15H,3,9-11H2,1-2H3. The number of rotatable bonds is 6. The van der Waals surface area contributed by atoms with Gasteiger partial charge in [-0.05, 0) is 25.3 Å². The Balaban J connectivity index is 2.47. The van der Waals surface area contributed by atoms with Crippen LogP contribution < -0.4 is 5.32 Å². The molecule has 0 saturated heterocycles. The molecule has 2 N–H and O–H groups in total. The third-order valence-corrected chi connectivity index (χ3v) is 3.01. The minimum atomic E-state index is 0.0462. The largest absolute Gasteiger partial charge is 0.396 e. The number of benzene rings is 1. The Bertz CT molecular complexity index is 273. The second-order valence-electron chi connectivity index (χ2n) is 4.23. The summed E-state index contributed by atoms with van der Waals surface area (Å²) < 4.78 is 0. The monoisotopic (exact) mass is 207 g/mol. The molecule has 0 heterocycles. The average molecular weight is 207 g/mol. The molecule has 1 rings (SSSR count). The minimum Gasteiger partial charge on any atom is -0.396 e. The van der Waals surface area contributed by atoms with Crippen molar-refractivity contribution in [3.63, 3.8) is 0 Å². The van der Waals surface area contributed by atoms with E-state index in [0.29, 0.717) is 0 Å². The molecule has 0 amide bonds. The van der Waals surface area contributed by atoms with Gasteiger partial charge < -0.3 is 10.4 Å². The third kappa shape index (κ3) is 4.02. The SMILES string of the molecule is CCC(C)(CCO)NCc1ccccc1. The molecule has 84 valence electrons. The Kier molecular flexibility index (Phi) is 4.79. The maximum atomic E-state index is 8.99. The Morgan fingerprint density at radius 2 is 1.93 bits per heavy atom. The van der Waals surface area contributed by atoms with Crippen LogP contribution in [0.2, 0.25) is 0 Å². The van der Waals surface area contributed by atoms with Crippen molar-refractivity contribution in [2.75, 3.05) is 6.61 Å². The van der Waals surface area contributed by atoms with Crippen LogP contribution in [0.25, 0.3) is 0 Å². The van der Waals surface area contributed by atoms with Crippen molar-refractivity contribution in [1.29, 1.82) is 0 Å². The van der Waals surface area contributed by atoms with Crippen LogP contribution in [-0.2, 0) is 6.54 Å². The number of aliphatic hydroxyl groups is 1. The molecule has 2 nitrogen and oxygen atoms in total. The highest BCUT2D eigenvalue weighted by molar-refractivity contribution is 5.14. The molecule has 0 spiro atoms. The predicted octanol–water partition coefficient (Wildman–Crippen LogP) is 2.33. The van der Waals surface area contributed by atoms with Crippen LogP contribution in [-0.4, -0.2) is 17.3 Å². The molecular weight excluding hydrogens is 186 g/mol. The van der Waals surface area contributed by atoms with Crippen LogP contribution in [0.15, 0.2) is 30.3 Å². The van der Waals surface area contributed by atoms with Crippen LogP contribution >= 0.6 is 0 Å². The van der Waals surface area contributed by atoms with Crippen LogP contribution in [0.3, 0.4) is 0 Å². The summed E-state index contributed by atoms with van der Waals surface area (Å²) in [7, 11) is 0. The molecule has 1 atom stereocenters. The molecule has 0 fully saturated rings. The summed E-state index contributed by atoms with van der Waals surface area (Å²) in [4.78, 5) is 0. The Morgan fingerprint density at radius 3 is 2.47 bits per heavy atom. The number of hydrogen-bond acceptors (Lipinski definition) is 2. The molecule has 2 heteroatoms. The molecule has 0 bridgehead atoms. The summed E-state index contributed by atoms with van der Waals surface area (Å²) in [5.41, 5.74) is 1.33. The van der Waals surface area contributed by atoms with E-state index in [4.69, 9.17) is 5.11 Å². The van der Waals surface area contributed by atoms with Gasteiger partial charge in [-0.3, -0.25) is 0 Å². The van der Waals surface area contributed by atoms with E-state index in [2.05, 4.69) is 31.3 Å². The Labute approximate surface area is 92.3 Å². The van der Waals surface area contributed by atoms with Crippen LogP contribution in [0, 0.1) is 0 Å². The molecule has 1 aromatic carbocycles. The van der Waals surface area contributed by atoms with E-state index in [-0.39, 0.29) is 12.1 Å². The molecular formula is C13H21NO. The fourth-order valence-electron chi connectivity index (χ4n) is 1.55. The molecule has 0 radical (unpaired) electrons. The van der Waals surface area contributed by atoms with Gasteiger partial charge in [-0.1, -0.05) is 37.3 Å². The zero-order chi connectivity index (χ0) is 11.1. The van der Waals surface area contributed by atoms with E-state index in [0.717, 1.165) is 19.4 Å². The highest BCUT2D eigenvalue weighted by Gasteiger charge is 2.19. The first-order valence-corrected chi connectivity index (χ1v) is 5.60. The highest BCUT2D eigenvalue weighted by Crippen LogP contribution is 2.14. The highest BCUT2D eigenvalue weighted by atomic mass is 16.3. The first-order valence-electron chi connectivity index (χ1n) is 5.60. The topological polar surface area (TPSA) is 32.3 Å². The lowest BCUT2D eigenvalue weighted by molar-refractivity contribution is 0.214. The molecule has 1 aromatic rings. The normalized spacial score (nSPS) is 14.9. The van der Waals surface area contributed by atoms with Crippen molar-refractivity contribution in [2.45, 2.75) is 38.8 Å². The molecule has 1 unspecified atom stereocenters. The van der Waals surface area contributed by atoms with Gasteiger partial charge in [-0.2, -0.15) is 0 Å². The van der Waals surface area contributed by atoms with Gasteiger partial charge in [0, 0.05) is 18.7 Å². The molecule has 15 heavy (non-hydrogen) atoms. The van der Waals surface area contributed by atoms with E-state index in [1.165, 1.54) is 5.56 Å². The van der Waals surface area contributed by atoms with Crippen molar-refractivity contribution < 1.29 is 5.11 Å². The van der Waals surface area contributed by atoms with E-state index in [1.54, 1.807) is 0 Å². The van der Waals surface area contributed by atoms with Crippen molar-refractivity contribution in [1.82, 2.24) is 5.32 Å². The number of hydrogen-bond donors (Lipinski definition) is 2. The first kappa shape index (κ1) is 12.2. The lowest BCUT2D eigenvalue weighted by atomic mass is 9.94. The maximum Gasteiger partial charge on any atom is 0.0448 e. The van der Waals surface area contributed by atoms with Gasteiger partial charge in [0.05, 0.1) is 0 Å². The summed E-state index contributed by atoms with van der Waals surface area (Å²) in [6.07, 6.45) is 1.83. The van der Waals surface area contributed by atoms with Gasteiger partial charge in [0.15, 0.2) is 0 Å². The zero-order valence-corrected chi connectivity index (χ0v) is 9.66. The van der Waals surface area contributed by atoms with Crippen LogP contribution in [0.4, 0.5) is 0 Å². The summed E-state index contributed by atoms with van der Waals surface area (Å²) in [5, 5.41) is 12.5. The fourth-order valence-corrected chi connectivity index (χ4v) is 1.55. The van der Waals surface area contributed by atoms with Gasteiger partial charge in [0.25, 0.3) is 0 Å². The Hall–Kier alpha value is -0.860. The quantitative estimate of drug-likeness (QED) is 0.750. The smallest absolute Gasteiger partial charge is 0.0448 e. The number of aliphatic hydroxyl groups excluding tert-OH is 1. The van der Waals surface area contributed by atoms with Gasteiger partial charge in [-0.25, -0.2) is 0 Å². The van der Waals surface area contributed by atoms with Crippen LogP contribution in [0.5, 0.6) is 0 Å². The van der Waals surface area contributed by atoms with E-state index >= 15 is 0 Å². The van der Waals surface area contributed by atoms with Crippen molar-refractivity contribution in [3.8, 4) is 0 Å². The Morgan fingerprint density at radius 1 is 1.27 bits per heavy atom. The van der Waals surface area contributed by atoms with E-state index < -0.39 is 0 Å². The van der Waals surface area contributed by atoms with Crippen LogP contribution in [0.1, 0.15) is 32.3 Å². The van der Waals surface area contributed by atoms with Crippen molar-refractivity contribution in [3.05, 3.63) is 35.9 Å². The fraction of sp³-hybridized carbons (Fsp3) is 0.538. The van der Waals surface area contributed by atoms with Gasteiger partial charge in [0.1, 0.15) is 0 Å². The molecule has 0 saturated carbocycles. The van der Waals surface area contributed by atoms with Crippen molar-refractivity contribution >= 4 is 0 Å². The predicted molar refractivity (Wildman–Crippen MR) is 63.7 cm³/mol. The van der Waals surface area contributed by atoms with Gasteiger partial charge >= 0.3 is 0 Å². The van der Waals surface area contributed by atoms with Gasteiger partial charge in [0.2, 0.25) is 0 Å². The maximum absolute atomic E-state index is 8.99. The summed E-state index contributed by atoms with van der Waals surface area (Å²) in [5.74, 6) is 0. The third-order valence-electron chi connectivity index (χ3n) is 3.01. The summed E-state index contributed by atoms with van der Waals surface area (Å²) in [6, 6.07) is 10.3. The van der Waals surface area contributed by atoms with Crippen molar-refractivity contribution in [2.24, 2.45) is 0 Å². The zero-order valence-electron chi connectivity index (χ0n) is 9.66. The lowest BCUT2D eigenvalue weighted by Crippen LogP contribution is -2.42. The lowest BCUT2D eigenvalue weighted by Gasteiger charge is -2.29. The first-order chi connectivity index (χ1) is 7.20. The molecule has 0 aliphatic rings. The van der Waals surface area contributed by atoms with E-state index in [9.17, 15) is 0 Å². The molecule has 0 aromatic heterocycles. The second-order valence-corrected chi connectivity index (χ2v) is 4.23. The second kappa shape index (κ2) is 5.89.